The van der Waals surface area contributed by atoms with Crippen molar-refractivity contribution in [3.05, 3.63) is 54.6 Å². The highest BCUT2D eigenvalue weighted by atomic mass is 16.5. The first kappa shape index (κ1) is 21.2. The predicted octanol–water partition coefficient (Wildman–Crippen LogP) is 3.66. The number of aryl methyl sites for hydroxylation is 1. The molecule has 0 unspecified atom stereocenters. The molecule has 0 atom stereocenters. The summed E-state index contributed by atoms with van der Waals surface area (Å²) in [7, 11) is 1.67. The van der Waals surface area contributed by atoms with Crippen LogP contribution in [0, 0.1) is 6.92 Å². The third-order valence-electron chi connectivity index (χ3n) is 5.36. The molecule has 3 aromatic rings. The van der Waals surface area contributed by atoms with Gasteiger partial charge in [-0.25, -0.2) is 9.97 Å². The van der Waals surface area contributed by atoms with Crippen LogP contribution < -0.4 is 10.1 Å². The number of anilines is 1. The number of ether oxygens (including phenoxy) is 2. The molecule has 0 radical (unpaired) electrons. The van der Waals surface area contributed by atoms with Gasteiger partial charge in [0.25, 0.3) is 0 Å². The Morgan fingerprint density at radius 2 is 1.77 bits per heavy atom. The van der Waals surface area contributed by atoms with Crippen LogP contribution in [0.1, 0.15) is 12.2 Å². The Kier molecular flexibility index (Phi) is 7.07. The van der Waals surface area contributed by atoms with Gasteiger partial charge in [0.2, 0.25) is 0 Å². The third kappa shape index (κ3) is 5.77. The molecule has 1 aliphatic rings. The van der Waals surface area contributed by atoms with Gasteiger partial charge in [-0.1, -0.05) is 12.1 Å². The van der Waals surface area contributed by atoms with E-state index in [2.05, 4.69) is 31.2 Å². The molecule has 1 saturated heterocycles. The molecule has 0 aliphatic carbocycles. The monoisotopic (exact) mass is 419 g/mol. The van der Waals surface area contributed by atoms with Crippen LogP contribution in [0.4, 0.5) is 5.82 Å². The lowest BCUT2D eigenvalue weighted by molar-refractivity contribution is 0.0378. The first-order valence-corrected chi connectivity index (χ1v) is 10.7. The van der Waals surface area contributed by atoms with E-state index in [0.29, 0.717) is 0 Å². The Bertz CT molecular complexity index is 988. The van der Waals surface area contributed by atoms with E-state index >= 15 is 0 Å². The molecule has 0 bridgehead atoms. The molecule has 4 rings (SSSR count). The van der Waals surface area contributed by atoms with E-state index in [1.165, 1.54) is 0 Å². The molecule has 31 heavy (non-hydrogen) atoms. The Morgan fingerprint density at radius 3 is 2.55 bits per heavy atom. The number of nitrogens with one attached hydrogen (secondary N) is 1. The summed E-state index contributed by atoms with van der Waals surface area (Å²) in [4.78, 5) is 16.1. The van der Waals surface area contributed by atoms with Crippen LogP contribution in [0.5, 0.6) is 5.75 Å². The fourth-order valence-electron chi connectivity index (χ4n) is 3.67. The van der Waals surface area contributed by atoms with Gasteiger partial charge < -0.3 is 14.8 Å². The molecular weight excluding hydrogens is 390 g/mol. The summed E-state index contributed by atoms with van der Waals surface area (Å²) in [6.45, 7) is 7.58. The van der Waals surface area contributed by atoms with Crippen molar-refractivity contribution in [2.75, 3.05) is 51.8 Å². The highest BCUT2D eigenvalue weighted by Crippen LogP contribution is 2.26. The van der Waals surface area contributed by atoms with Crippen molar-refractivity contribution < 1.29 is 9.47 Å². The number of aromatic nitrogens is 3. The summed E-state index contributed by atoms with van der Waals surface area (Å²) in [5.74, 6) is 2.42. The van der Waals surface area contributed by atoms with Crippen molar-refractivity contribution in [1.29, 1.82) is 0 Å². The molecule has 0 amide bonds. The summed E-state index contributed by atoms with van der Waals surface area (Å²) in [6, 6.07) is 12.1. The Hall–Kier alpha value is -3.03. The fraction of sp³-hybridized carbons (Fsp3) is 0.375. The Balaban J connectivity index is 1.43. The molecule has 2 aromatic heterocycles. The van der Waals surface area contributed by atoms with Crippen LogP contribution in [-0.2, 0) is 4.74 Å². The summed E-state index contributed by atoms with van der Waals surface area (Å²) in [5.41, 5.74) is 3.96. The molecule has 1 fully saturated rings. The van der Waals surface area contributed by atoms with Crippen LogP contribution in [0.2, 0.25) is 0 Å². The summed E-state index contributed by atoms with van der Waals surface area (Å²) < 4.78 is 10.7. The predicted molar refractivity (Wildman–Crippen MR) is 122 cm³/mol. The normalized spacial score (nSPS) is 14.4. The molecule has 162 valence electrons. The number of methoxy groups -OCH3 is 1. The molecular formula is C24H29N5O2. The van der Waals surface area contributed by atoms with E-state index in [1.54, 1.807) is 7.11 Å². The lowest BCUT2D eigenvalue weighted by Gasteiger charge is -2.26. The number of hydrogen-bond acceptors (Lipinski definition) is 7. The summed E-state index contributed by atoms with van der Waals surface area (Å²) in [6.07, 6.45) is 4.77. The minimum Gasteiger partial charge on any atom is -0.497 e. The van der Waals surface area contributed by atoms with Gasteiger partial charge >= 0.3 is 0 Å². The summed E-state index contributed by atoms with van der Waals surface area (Å²) >= 11 is 0. The second kappa shape index (κ2) is 10.3. The molecule has 7 heteroatoms. The summed E-state index contributed by atoms with van der Waals surface area (Å²) in [5, 5.41) is 3.45. The lowest BCUT2D eigenvalue weighted by atomic mass is 10.0. The van der Waals surface area contributed by atoms with Crippen LogP contribution in [-0.4, -0.2) is 66.4 Å². The topological polar surface area (TPSA) is 72.4 Å². The van der Waals surface area contributed by atoms with E-state index in [-0.39, 0.29) is 0 Å². The lowest BCUT2D eigenvalue weighted by Crippen LogP contribution is -2.37. The quantitative estimate of drug-likeness (QED) is 0.559. The van der Waals surface area contributed by atoms with Crippen molar-refractivity contribution in [3.63, 3.8) is 0 Å². The van der Waals surface area contributed by atoms with Crippen molar-refractivity contribution in [2.24, 2.45) is 0 Å². The van der Waals surface area contributed by atoms with Gasteiger partial charge in [-0.05, 0) is 43.7 Å². The molecule has 3 heterocycles. The minimum absolute atomic E-state index is 0.739. The molecule has 7 nitrogen and oxygen atoms in total. The van der Waals surface area contributed by atoms with Gasteiger partial charge in [0, 0.05) is 49.2 Å². The Morgan fingerprint density at radius 1 is 1.00 bits per heavy atom. The van der Waals surface area contributed by atoms with Crippen molar-refractivity contribution >= 4 is 5.82 Å². The van der Waals surface area contributed by atoms with Gasteiger partial charge in [-0.15, -0.1) is 0 Å². The van der Waals surface area contributed by atoms with E-state index in [1.807, 2.05) is 49.6 Å². The van der Waals surface area contributed by atoms with E-state index in [0.717, 1.165) is 85.6 Å². The van der Waals surface area contributed by atoms with Crippen LogP contribution in [0.25, 0.3) is 22.4 Å². The van der Waals surface area contributed by atoms with E-state index in [4.69, 9.17) is 9.47 Å². The molecule has 1 aliphatic heterocycles. The fourth-order valence-corrected chi connectivity index (χ4v) is 3.67. The minimum atomic E-state index is 0.739. The first-order valence-electron chi connectivity index (χ1n) is 10.7. The molecule has 0 spiro atoms. The van der Waals surface area contributed by atoms with Gasteiger partial charge in [-0.3, -0.25) is 9.88 Å². The first-order chi connectivity index (χ1) is 15.2. The van der Waals surface area contributed by atoms with Crippen molar-refractivity contribution in [3.8, 4) is 28.1 Å². The maximum Gasteiger partial charge on any atom is 0.130 e. The van der Waals surface area contributed by atoms with E-state index in [9.17, 15) is 0 Å². The van der Waals surface area contributed by atoms with Gasteiger partial charge in [0.05, 0.1) is 26.0 Å². The zero-order valence-corrected chi connectivity index (χ0v) is 18.2. The molecule has 1 N–H and O–H groups in total. The number of pyridine rings is 1. The molecule has 1 aromatic carbocycles. The van der Waals surface area contributed by atoms with Gasteiger partial charge in [0.15, 0.2) is 0 Å². The van der Waals surface area contributed by atoms with Gasteiger partial charge in [-0.2, -0.15) is 0 Å². The van der Waals surface area contributed by atoms with Crippen molar-refractivity contribution in [2.45, 2.75) is 13.3 Å². The smallest absolute Gasteiger partial charge is 0.130 e. The number of rotatable bonds is 8. The average Bonchev–Trinajstić information content (AvgIpc) is 2.82. The Labute approximate surface area is 183 Å². The largest absolute Gasteiger partial charge is 0.497 e. The number of benzene rings is 1. The van der Waals surface area contributed by atoms with Crippen LogP contribution in [0.3, 0.4) is 0 Å². The standard InChI is InChI=1S/C24H29N5O2/c1-18-27-23(15-24(28-18)26-8-3-9-29-10-12-31-13-11-29)21-14-20(16-25-17-21)19-4-6-22(30-2)7-5-19/h4-7,14-17H,3,8-13H2,1-2H3,(H,26,27,28). The van der Waals surface area contributed by atoms with Crippen molar-refractivity contribution in [1.82, 2.24) is 19.9 Å². The second-order valence-electron chi connectivity index (χ2n) is 7.61. The maximum atomic E-state index is 5.41. The highest BCUT2D eigenvalue weighted by molar-refractivity contribution is 5.71. The van der Waals surface area contributed by atoms with Crippen LogP contribution in [0.15, 0.2) is 48.8 Å². The number of hydrogen-bond donors (Lipinski definition) is 1. The second-order valence-corrected chi connectivity index (χ2v) is 7.61. The van der Waals surface area contributed by atoms with Crippen LogP contribution >= 0.6 is 0 Å². The van der Waals surface area contributed by atoms with E-state index < -0.39 is 0 Å². The average molecular weight is 420 g/mol. The SMILES string of the molecule is COc1ccc(-c2cncc(-c3cc(NCCCN4CCOCC4)nc(C)n3)c2)cc1. The zero-order chi connectivity index (χ0) is 21.5. The van der Waals surface area contributed by atoms with Gasteiger partial charge in [0.1, 0.15) is 17.4 Å². The number of morpholine rings is 1. The molecule has 0 saturated carbocycles. The highest BCUT2D eigenvalue weighted by Gasteiger charge is 2.10. The number of nitrogens with zero attached hydrogens (tertiary/aromatic N) is 4. The maximum absolute atomic E-state index is 5.41. The third-order valence-corrected chi connectivity index (χ3v) is 5.36. The zero-order valence-electron chi connectivity index (χ0n) is 18.2.